The maximum absolute atomic E-state index is 11.3. The molecule has 0 spiro atoms. The Hall–Kier alpha value is -1.85. The minimum absolute atomic E-state index is 0.152. The summed E-state index contributed by atoms with van der Waals surface area (Å²) in [6.07, 6.45) is 0. The molecule has 1 amide bonds. The first-order chi connectivity index (χ1) is 6.63. The average Bonchev–Trinajstić information content (AvgIpc) is 2.60. The Labute approximate surface area is 80.6 Å². The molecule has 0 saturated carbocycles. The van der Waals surface area contributed by atoms with E-state index in [1.54, 1.807) is 13.0 Å². The van der Waals surface area contributed by atoms with Gasteiger partial charge in [-0.2, -0.15) is 5.10 Å². The lowest BCUT2D eigenvalue weighted by molar-refractivity contribution is -0.139. The molecule has 0 aliphatic rings. The molecule has 0 unspecified atom stereocenters. The highest BCUT2D eigenvalue weighted by Crippen LogP contribution is 1.96. The second kappa shape index (κ2) is 4.40. The van der Waals surface area contributed by atoms with Gasteiger partial charge in [0, 0.05) is 5.69 Å². The number of ether oxygens (including phenoxy) is 1. The van der Waals surface area contributed by atoms with Gasteiger partial charge in [0.25, 0.3) is 5.91 Å². The number of aromatic nitrogens is 2. The van der Waals surface area contributed by atoms with Gasteiger partial charge in [0.2, 0.25) is 0 Å². The Bertz CT molecular complexity index is 345. The van der Waals surface area contributed by atoms with Crippen LogP contribution < -0.4 is 5.32 Å². The third kappa shape index (κ3) is 2.58. The second-order valence-electron chi connectivity index (χ2n) is 2.70. The summed E-state index contributed by atoms with van der Waals surface area (Å²) in [6.45, 7) is 1.63. The number of nitrogens with one attached hydrogen (secondary N) is 2. The number of esters is 1. The molecule has 76 valence electrons. The van der Waals surface area contributed by atoms with E-state index in [1.165, 1.54) is 7.11 Å². The fourth-order valence-electron chi connectivity index (χ4n) is 0.850. The van der Waals surface area contributed by atoms with Gasteiger partial charge in [0.1, 0.15) is 12.2 Å². The minimum atomic E-state index is -0.495. The van der Waals surface area contributed by atoms with E-state index in [0.29, 0.717) is 0 Å². The minimum Gasteiger partial charge on any atom is -0.468 e. The summed E-state index contributed by atoms with van der Waals surface area (Å²) in [4.78, 5) is 22.0. The van der Waals surface area contributed by atoms with Crippen molar-refractivity contribution >= 4 is 11.9 Å². The number of nitrogens with zero attached hydrogens (tertiary/aromatic N) is 1. The van der Waals surface area contributed by atoms with Gasteiger partial charge < -0.3 is 10.1 Å². The Morgan fingerprint density at radius 3 is 2.86 bits per heavy atom. The van der Waals surface area contributed by atoms with E-state index in [4.69, 9.17) is 0 Å². The molecule has 0 radical (unpaired) electrons. The van der Waals surface area contributed by atoms with Crippen molar-refractivity contribution < 1.29 is 14.3 Å². The normalized spacial score (nSPS) is 9.57. The Morgan fingerprint density at radius 1 is 1.64 bits per heavy atom. The summed E-state index contributed by atoms with van der Waals surface area (Å²) >= 11 is 0. The van der Waals surface area contributed by atoms with Crippen LogP contribution in [0, 0.1) is 6.92 Å². The molecule has 2 N–H and O–H groups in total. The number of carbonyl (C=O) groups is 2. The van der Waals surface area contributed by atoms with Crippen molar-refractivity contribution in [3.63, 3.8) is 0 Å². The number of H-pyrrole nitrogens is 1. The predicted octanol–water partition coefficient (Wildman–Crippen LogP) is -0.379. The fraction of sp³-hybridized carbons (Fsp3) is 0.375. The second-order valence-corrected chi connectivity index (χ2v) is 2.70. The van der Waals surface area contributed by atoms with E-state index in [1.807, 2.05) is 0 Å². The molecule has 6 nitrogen and oxygen atoms in total. The molecule has 6 heteroatoms. The zero-order valence-electron chi connectivity index (χ0n) is 7.96. The van der Waals surface area contributed by atoms with E-state index in [0.717, 1.165) is 5.69 Å². The van der Waals surface area contributed by atoms with Crippen LogP contribution in [0.1, 0.15) is 16.2 Å². The van der Waals surface area contributed by atoms with E-state index >= 15 is 0 Å². The first kappa shape index (κ1) is 10.2. The SMILES string of the molecule is COC(=O)CNC(=O)c1cc(C)[nH]n1. The van der Waals surface area contributed by atoms with Crippen molar-refractivity contribution in [2.45, 2.75) is 6.92 Å². The van der Waals surface area contributed by atoms with Crippen molar-refractivity contribution in [2.24, 2.45) is 0 Å². The molecule has 1 heterocycles. The number of hydrogen-bond acceptors (Lipinski definition) is 4. The molecule has 14 heavy (non-hydrogen) atoms. The zero-order valence-corrected chi connectivity index (χ0v) is 7.96. The van der Waals surface area contributed by atoms with Crippen molar-refractivity contribution in [1.29, 1.82) is 0 Å². The number of aromatic amines is 1. The highest BCUT2D eigenvalue weighted by molar-refractivity contribution is 5.94. The third-order valence-electron chi connectivity index (χ3n) is 1.56. The van der Waals surface area contributed by atoms with Crippen LogP contribution in [-0.4, -0.2) is 35.7 Å². The van der Waals surface area contributed by atoms with E-state index < -0.39 is 11.9 Å². The summed E-state index contributed by atoms with van der Waals surface area (Å²) < 4.78 is 4.36. The predicted molar refractivity (Wildman–Crippen MR) is 47.7 cm³/mol. The molecule has 0 fully saturated rings. The van der Waals surface area contributed by atoms with Crippen molar-refractivity contribution in [2.75, 3.05) is 13.7 Å². The number of hydrogen-bond donors (Lipinski definition) is 2. The molecule has 0 aromatic carbocycles. The van der Waals surface area contributed by atoms with Gasteiger partial charge in [-0.05, 0) is 13.0 Å². The first-order valence-electron chi connectivity index (χ1n) is 4.00. The quantitative estimate of drug-likeness (QED) is 0.647. The van der Waals surface area contributed by atoms with Crippen LogP contribution in [0.25, 0.3) is 0 Å². The molecule has 0 aliphatic carbocycles. The standard InChI is InChI=1S/C8H11N3O3/c1-5-3-6(11-10-5)8(13)9-4-7(12)14-2/h3H,4H2,1-2H3,(H,9,13)(H,10,11). The van der Waals surface area contributed by atoms with Crippen LogP contribution in [0.4, 0.5) is 0 Å². The van der Waals surface area contributed by atoms with Gasteiger partial charge in [0.05, 0.1) is 7.11 Å². The van der Waals surface area contributed by atoms with E-state index in [-0.39, 0.29) is 12.2 Å². The summed E-state index contributed by atoms with van der Waals surface area (Å²) in [5, 5.41) is 8.72. The molecule has 1 aromatic heterocycles. The summed E-state index contributed by atoms with van der Waals surface area (Å²) in [5.41, 5.74) is 1.04. The number of carbonyl (C=O) groups excluding carboxylic acids is 2. The van der Waals surface area contributed by atoms with Crippen LogP contribution in [0.5, 0.6) is 0 Å². The van der Waals surface area contributed by atoms with Gasteiger partial charge in [-0.25, -0.2) is 0 Å². The van der Waals surface area contributed by atoms with Gasteiger partial charge in [-0.1, -0.05) is 0 Å². The molecular weight excluding hydrogens is 186 g/mol. The number of amides is 1. The lowest BCUT2D eigenvalue weighted by atomic mass is 10.3. The topological polar surface area (TPSA) is 84.1 Å². The van der Waals surface area contributed by atoms with Gasteiger partial charge >= 0.3 is 5.97 Å². The lowest BCUT2D eigenvalue weighted by Crippen LogP contribution is -2.30. The van der Waals surface area contributed by atoms with Gasteiger partial charge in [-0.3, -0.25) is 14.7 Å². The smallest absolute Gasteiger partial charge is 0.325 e. The van der Waals surface area contributed by atoms with E-state index in [2.05, 4.69) is 20.3 Å². The summed E-state index contributed by atoms with van der Waals surface area (Å²) in [5.74, 6) is -0.898. The molecule has 0 saturated heterocycles. The lowest BCUT2D eigenvalue weighted by Gasteiger charge is -2.00. The maximum Gasteiger partial charge on any atom is 0.325 e. The molecular formula is C8H11N3O3. The van der Waals surface area contributed by atoms with Crippen LogP contribution in [0.2, 0.25) is 0 Å². The van der Waals surface area contributed by atoms with Crippen LogP contribution in [0.3, 0.4) is 0 Å². The zero-order chi connectivity index (χ0) is 10.6. The van der Waals surface area contributed by atoms with Crippen LogP contribution >= 0.6 is 0 Å². The summed E-state index contributed by atoms with van der Waals surface area (Å²) in [7, 11) is 1.26. The first-order valence-corrected chi connectivity index (χ1v) is 4.00. The molecule has 1 rings (SSSR count). The highest BCUT2D eigenvalue weighted by Gasteiger charge is 2.10. The Morgan fingerprint density at radius 2 is 2.36 bits per heavy atom. The van der Waals surface area contributed by atoms with E-state index in [9.17, 15) is 9.59 Å². The Kier molecular flexibility index (Phi) is 3.22. The Balaban J connectivity index is 2.47. The van der Waals surface area contributed by atoms with Crippen molar-refractivity contribution in [3.05, 3.63) is 17.5 Å². The monoisotopic (exact) mass is 197 g/mol. The van der Waals surface area contributed by atoms with Crippen LogP contribution in [0.15, 0.2) is 6.07 Å². The molecule has 0 aliphatic heterocycles. The fourth-order valence-corrected chi connectivity index (χ4v) is 0.850. The third-order valence-corrected chi connectivity index (χ3v) is 1.56. The van der Waals surface area contributed by atoms with Gasteiger partial charge in [0.15, 0.2) is 0 Å². The molecule has 0 bridgehead atoms. The number of aryl methyl sites for hydroxylation is 1. The molecule has 0 atom stereocenters. The number of methoxy groups -OCH3 is 1. The summed E-state index contributed by atoms with van der Waals surface area (Å²) in [6, 6.07) is 1.59. The maximum atomic E-state index is 11.3. The largest absolute Gasteiger partial charge is 0.468 e. The average molecular weight is 197 g/mol. The van der Waals surface area contributed by atoms with Crippen molar-refractivity contribution in [3.8, 4) is 0 Å². The van der Waals surface area contributed by atoms with Crippen molar-refractivity contribution in [1.82, 2.24) is 15.5 Å². The van der Waals surface area contributed by atoms with Gasteiger partial charge in [-0.15, -0.1) is 0 Å². The number of rotatable bonds is 3. The highest BCUT2D eigenvalue weighted by atomic mass is 16.5. The molecule has 1 aromatic rings. The van der Waals surface area contributed by atoms with Crippen LogP contribution in [-0.2, 0) is 9.53 Å².